The Morgan fingerprint density at radius 3 is 2.87 bits per heavy atom. The molecule has 0 saturated heterocycles. The molecule has 0 unspecified atom stereocenters. The molecule has 0 aliphatic rings. The van der Waals surface area contributed by atoms with E-state index in [-0.39, 0.29) is 22.3 Å². The van der Waals surface area contributed by atoms with Gasteiger partial charge in [0, 0.05) is 13.1 Å². The Labute approximate surface area is 135 Å². The van der Waals surface area contributed by atoms with Crippen LogP contribution in [0.15, 0.2) is 24.7 Å². The summed E-state index contributed by atoms with van der Waals surface area (Å²) >= 11 is 6.16. The summed E-state index contributed by atoms with van der Waals surface area (Å²) in [5, 5.41) is 17.9. The van der Waals surface area contributed by atoms with Crippen LogP contribution in [0.3, 0.4) is 0 Å². The van der Waals surface area contributed by atoms with Gasteiger partial charge in [-0.15, -0.1) is 0 Å². The fourth-order valence-corrected chi connectivity index (χ4v) is 2.32. The fraction of sp³-hybridized carbons (Fsp3) is 0.154. The van der Waals surface area contributed by atoms with Crippen molar-refractivity contribution in [1.82, 2.24) is 19.6 Å². The highest BCUT2D eigenvalue weighted by atomic mass is 35.5. The predicted octanol–water partition coefficient (Wildman–Crippen LogP) is 2.83. The molecule has 0 aromatic carbocycles. The van der Waals surface area contributed by atoms with Crippen LogP contribution in [0.2, 0.25) is 5.02 Å². The third-order valence-corrected chi connectivity index (χ3v) is 3.40. The predicted molar refractivity (Wildman–Crippen MR) is 83.2 cm³/mol. The van der Waals surface area contributed by atoms with Gasteiger partial charge >= 0.3 is 5.82 Å². The number of anilines is 1. The summed E-state index contributed by atoms with van der Waals surface area (Å²) in [5.41, 5.74) is 1.58. The van der Waals surface area contributed by atoms with Gasteiger partial charge in [-0.3, -0.25) is 0 Å². The Morgan fingerprint density at radius 2 is 2.17 bits per heavy atom. The van der Waals surface area contributed by atoms with Crippen LogP contribution in [0, 0.1) is 17.0 Å². The zero-order chi connectivity index (χ0) is 16.6. The topological polar surface area (TPSA) is 107 Å². The number of halogens is 1. The molecule has 118 valence electrons. The summed E-state index contributed by atoms with van der Waals surface area (Å²) in [6.07, 6.45) is 4.33. The first kappa shape index (κ1) is 15.0. The average molecular weight is 335 g/mol. The molecule has 0 saturated carbocycles. The first-order chi connectivity index (χ1) is 11.0. The van der Waals surface area contributed by atoms with Gasteiger partial charge in [-0.2, -0.15) is 5.10 Å². The summed E-state index contributed by atoms with van der Waals surface area (Å²) < 4.78 is 7.19. The molecule has 10 heteroatoms. The van der Waals surface area contributed by atoms with Crippen molar-refractivity contribution in [3.8, 4) is 11.5 Å². The van der Waals surface area contributed by atoms with E-state index < -0.39 is 4.92 Å². The maximum atomic E-state index is 10.9. The maximum Gasteiger partial charge on any atom is 0.388 e. The van der Waals surface area contributed by atoms with Gasteiger partial charge in [-0.05, 0) is 16.8 Å². The monoisotopic (exact) mass is 334 g/mol. The summed E-state index contributed by atoms with van der Waals surface area (Å²) in [5.74, 6) is 0.174. The first-order valence-electron chi connectivity index (χ1n) is 6.50. The minimum absolute atomic E-state index is 0.0611. The van der Waals surface area contributed by atoms with Crippen LogP contribution in [-0.2, 0) is 0 Å². The third-order valence-electron chi connectivity index (χ3n) is 3.03. The maximum absolute atomic E-state index is 10.9. The molecule has 3 aromatic rings. The molecule has 3 heterocycles. The fourth-order valence-electron chi connectivity index (χ4n) is 2.05. The molecule has 1 N–H and O–H groups in total. The van der Waals surface area contributed by atoms with E-state index in [1.807, 2.05) is 13.0 Å². The number of nitro groups is 1. The largest absolute Gasteiger partial charge is 0.448 e. The van der Waals surface area contributed by atoms with Gasteiger partial charge in [0.2, 0.25) is 0 Å². The number of ether oxygens (including phenoxy) is 1. The van der Waals surface area contributed by atoms with E-state index in [4.69, 9.17) is 16.3 Å². The molecule has 3 aromatic heterocycles. The van der Waals surface area contributed by atoms with E-state index in [1.165, 1.54) is 19.4 Å². The highest BCUT2D eigenvalue weighted by Crippen LogP contribution is 2.38. The zero-order valence-corrected chi connectivity index (χ0v) is 12.9. The Balaban J connectivity index is 1.99. The molecule has 0 radical (unpaired) electrons. The van der Waals surface area contributed by atoms with Crippen LogP contribution in [0.1, 0.15) is 5.69 Å². The number of hydrogen-bond donors (Lipinski definition) is 1. The lowest BCUT2D eigenvalue weighted by molar-refractivity contribution is -0.388. The standard InChI is InChI=1S/C13H11ClN6O3/c1-7-3-10-16-4-8(6-19(10)18-7)23-9-5-17-13(20(21)22)12(15-2)11(9)14/h3-6,15H,1-2H3. The van der Waals surface area contributed by atoms with Crippen molar-refractivity contribution in [1.29, 1.82) is 0 Å². The van der Waals surface area contributed by atoms with Crippen molar-refractivity contribution in [2.75, 3.05) is 12.4 Å². The minimum Gasteiger partial charge on any atom is -0.448 e. The van der Waals surface area contributed by atoms with Crippen LogP contribution in [0.25, 0.3) is 5.65 Å². The van der Waals surface area contributed by atoms with Crippen molar-refractivity contribution in [3.63, 3.8) is 0 Å². The van der Waals surface area contributed by atoms with E-state index in [1.54, 1.807) is 10.7 Å². The van der Waals surface area contributed by atoms with Crippen molar-refractivity contribution in [3.05, 3.63) is 45.5 Å². The Morgan fingerprint density at radius 1 is 1.39 bits per heavy atom. The molecule has 9 nitrogen and oxygen atoms in total. The van der Waals surface area contributed by atoms with Crippen molar-refractivity contribution >= 4 is 28.8 Å². The Hall–Kier alpha value is -2.94. The van der Waals surface area contributed by atoms with Crippen LogP contribution in [-0.4, -0.2) is 31.6 Å². The SMILES string of the molecule is CNc1c([N+](=O)[O-])ncc(Oc2cnc3cc(C)nn3c2)c1Cl. The number of hydrogen-bond acceptors (Lipinski definition) is 7. The summed E-state index contributed by atoms with van der Waals surface area (Å²) in [7, 11) is 1.51. The highest BCUT2D eigenvalue weighted by molar-refractivity contribution is 6.35. The minimum atomic E-state index is -0.623. The van der Waals surface area contributed by atoms with Gasteiger partial charge in [0.05, 0.1) is 18.1 Å². The van der Waals surface area contributed by atoms with Crippen molar-refractivity contribution in [2.24, 2.45) is 0 Å². The molecule has 0 aliphatic heterocycles. The smallest absolute Gasteiger partial charge is 0.388 e. The van der Waals surface area contributed by atoms with Gasteiger partial charge in [-0.1, -0.05) is 11.6 Å². The normalized spacial score (nSPS) is 10.7. The number of rotatable bonds is 4. The van der Waals surface area contributed by atoms with Gasteiger partial charge in [0.15, 0.2) is 29.0 Å². The number of nitrogens with zero attached hydrogens (tertiary/aromatic N) is 5. The highest BCUT2D eigenvalue weighted by Gasteiger charge is 2.22. The second-order valence-corrected chi connectivity index (χ2v) is 5.00. The van der Waals surface area contributed by atoms with E-state index in [9.17, 15) is 10.1 Å². The molecule has 0 fully saturated rings. The van der Waals surface area contributed by atoms with Gasteiger partial charge in [0.1, 0.15) is 5.02 Å². The van der Waals surface area contributed by atoms with E-state index >= 15 is 0 Å². The van der Waals surface area contributed by atoms with Crippen LogP contribution in [0.5, 0.6) is 11.5 Å². The van der Waals surface area contributed by atoms with E-state index in [0.29, 0.717) is 11.4 Å². The summed E-state index contributed by atoms with van der Waals surface area (Å²) in [4.78, 5) is 18.3. The average Bonchev–Trinajstić information content (AvgIpc) is 2.88. The lowest BCUT2D eigenvalue weighted by Gasteiger charge is -2.09. The molecular formula is C13H11ClN6O3. The van der Waals surface area contributed by atoms with Gasteiger partial charge < -0.3 is 20.2 Å². The first-order valence-corrected chi connectivity index (χ1v) is 6.88. The number of pyridine rings is 1. The molecule has 3 rings (SSSR count). The molecule has 0 spiro atoms. The van der Waals surface area contributed by atoms with Crippen LogP contribution < -0.4 is 10.1 Å². The Bertz CT molecular complexity index is 910. The molecule has 0 atom stereocenters. The lowest BCUT2D eigenvalue weighted by atomic mass is 10.3. The van der Waals surface area contributed by atoms with Crippen molar-refractivity contribution in [2.45, 2.75) is 6.92 Å². The number of fused-ring (bicyclic) bond motifs is 1. The second-order valence-electron chi connectivity index (χ2n) is 4.62. The number of aromatic nitrogens is 4. The molecule has 0 bridgehead atoms. The summed E-state index contributed by atoms with van der Waals surface area (Å²) in [6, 6.07) is 1.82. The molecule has 0 amide bonds. The van der Waals surface area contributed by atoms with Crippen LogP contribution in [0.4, 0.5) is 11.5 Å². The van der Waals surface area contributed by atoms with Gasteiger partial charge in [0.25, 0.3) is 0 Å². The molecule has 0 aliphatic carbocycles. The zero-order valence-electron chi connectivity index (χ0n) is 12.1. The molecule has 23 heavy (non-hydrogen) atoms. The Kier molecular flexibility index (Phi) is 3.70. The quantitative estimate of drug-likeness (QED) is 0.577. The third kappa shape index (κ3) is 2.73. The number of aryl methyl sites for hydroxylation is 1. The van der Waals surface area contributed by atoms with E-state index in [2.05, 4.69) is 20.4 Å². The van der Waals surface area contributed by atoms with Crippen LogP contribution >= 0.6 is 11.6 Å². The molecular weight excluding hydrogens is 324 g/mol. The second kappa shape index (κ2) is 5.69. The summed E-state index contributed by atoms with van der Waals surface area (Å²) in [6.45, 7) is 1.85. The van der Waals surface area contributed by atoms with E-state index in [0.717, 1.165) is 5.69 Å². The number of nitrogens with one attached hydrogen (secondary N) is 1. The lowest BCUT2D eigenvalue weighted by Crippen LogP contribution is -2.01. The van der Waals surface area contributed by atoms with Gasteiger partial charge in [-0.25, -0.2) is 9.50 Å². The van der Waals surface area contributed by atoms with Crippen molar-refractivity contribution < 1.29 is 9.66 Å².